The van der Waals surface area contributed by atoms with E-state index in [1.165, 1.54) is 0 Å². The summed E-state index contributed by atoms with van der Waals surface area (Å²) in [6, 6.07) is 0. The Hall–Kier alpha value is -0.700. The molecule has 0 fully saturated rings. The highest BCUT2D eigenvalue weighted by Crippen LogP contribution is 2.02. The lowest BCUT2D eigenvalue weighted by molar-refractivity contribution is 0.565. The van der Waals surface area contributed by atoms with Crippen molar-refractivity contribution >= 4 is 11.6 Å². The molecule has 0 amide bonds. The van der Waals surface area contributed by atoms with Crippen LogP contribution in [-0.2, 0) is 13.6 Å². The van der Waals surface area contributed by atoms with Crippen LogP contribution in [0, 0.1) is 0 Å². The van der Waals surface area contributed by atoms with E-state index in [4.69, 9.17) is 11.6 Å². The molecule has 0 aliphatic rings. The van der Waals surface area contributed by atoms with Gasteiger partial charge in [0.05, 0.1) is 0 Å². The van der Waals surface area contributed by atoms with E-state index in [0.29, 0.717) is 0 Å². The molecule has 0 aliphatic carbocycles. The summed E-state index contributed by atoms with van der Waals surface area (Å²) in [6.45, 7) is 0.821. The number of alkyl halides is 1. The van der Waals surface area contributed by atoms with E-state index < -0.39 is 0 Å². The van der Waals surface area contributed by atoms with Crippen LogP contribution in [0.2, 0.25) is 0 Å². The summed E-state index contributed by atoms with van der Waals surface area (Å²) in [5, 5.41) is 0. The largest absolute Gasteiger partial charge is 0.327 e. The Kier molecular flexibility index (Phi) is 4.80. The quantitative estimate of drug-likeness (QED) is 0.528. The molecule has 4 heteroatoms. The average Bonchev–Trinajstić information content (AvgIpc) is 2.49. The number of unbranched alkanes of at least 4 members (excludes halogenated alkanes) is 3. The third kappa shape index (κ3) is 3.22. The zero-order chi connectivity index (χ0) is 10.4. The van der Waals surface area contributed by atoms with E-state index in [1.54, 1.807) is 22.4 Å². The Morgan fingerprint density at radius 2 is 1.93 bits per heavy atom. The maximum atomic E-state index is 11.4. The lowest BCUT2D eigenvalue weighted by Gasteiger charge is -2.00. The van der Waals surface area contributed by atoms with Gasteiger partial charge in [0, 0.05) is 31.9 Å². The maximum absolute atomic E-state index is 11.4. The molecule has 0 bridgehead atoms. The van der Waals surface area contributed by atoms with E-state index >= 15 is 0 Å². The third-order valence-corrected chi connectivity index (χ3v) is 2.57. The van der Waals surface area contributed by atoms with E-state index in [-0.39, 0.29) is 5.69 Å². The summed E-state index contributed by atoms with van der Waals surface area (Å²) in [7, 11) is 1.77. The van der Waals surface area contributed by atoms with E-state index in [2.05, 4.69) is 0 Å². The van der Waals surface area contributed by atoms with Crippen molar-refractivity contribution in [3.63, 3.8) is 0 Å². The number of aryl methyl sites for hydroxylation is 2. The Bertz CT molecular complexity index is 316. The molecule has 14 heavy (non-hydrogen) atoms. The standard InChI is InChI=1S/C10H17ClN2O/c1-12-8-9-13(10(12)14)7-5-3-2-4-6-11/h8-9H,2-7H2,1H3. The van der Waals surface area contributed by atoms with E-state index in [9.17, 15) is 4.79 Å². The summed E-state index contributed by atoms with van der Waals surface area (Å²) >= 11 is 5.57. The molecule has 0 aliphatic heterocycles. The van der Waals surface area contributed by atoms with Crippen molar-refractivity contribution in [2.45, 2.75) is 32.2 Å². The third-order valence-electron chi connectivity index (χ3n) is 2.30. The fourth-order valence-corrected chi connectivity index (χ4v) is 1.60. The van der Waals surface area contributed by atoms with Gasteiger partial charge >= 0.3 is 5.69 Å². The van der Waals surface area contributed by atoms with Gasteiger partial charge in [-0.1, -0.05) is 12.8 Å². The minimum absolute atomic E-state index is 0.0716. The number of imidazole rings is 1. The van der Waals surface area contributed by atoms with Crippen LogP contribution in [0.4, 0.5) is 0 Å². The normalized spacial score (nSPS) is 10.7. The summed E-state index contributed by atoms with van der Waals surface area (Å²) in [5.41, 5.74) is 0.0716. The first kappa shape index (κ1) is 11.4. The molecule has 1 aromatic heterocycles. The van der Waals surface area contributed by atoms with Crippen LogP contribution in [0.3, 0.4) is 0 Å². The molecular formula is C10H17ClN2O. The van der Waals surface area contributed by atoms with Crippen LogP contribution in [0.25, 0.3) is 0 Å². The molecule has 0 N–H and O–H groups in total. The van der Waals surface area contributed by atoms with Crippen molar-refractivity contribution in [2.24, 2.45) is 7.05 Å². The van der Waals surface area contributed by atoms with Crippen LogP contribution in [0.5, 0.6) is 0 Å². The van der Waals surface area contributed by atoms with Gasteiger partial charge in [0.2, 0.25) is 0 Å². The second kappa shape index (κ2) is 5.91. The molecule has 1 heterocycles. The number of hydrogen-bond donors (Lipinski definition) is 0. The van der Waals surface area contributed by atoms with Crippen molar-refractivity contribution < 1.29 is 0 Å². The van der Waals surface area contributed by atoms with Gasteiger partial charge in [-0.05, 0) is 12.8 Å². The molecule has 1 aromatic rings. The molecule has 0 saturated heterocycles. The summed E-state index contributed by atoms with van der Waals surface area (Å²) in [4.78, 5) is 11.4. The fourth-order valence-electron chi connectivity index (χ4n) is 1.41. The summed E-state index contributed by atoms with van der Waals surface area (Å²) in [6.07, 6.45) is 8.07. The molecule has 0 atom stereocenters. The van der Waals surface area contributed by atoms with Gasteiger partial charge in [-0.25, -0.2) is 4.79 Å². The smallest absolute Gasteiger partial charge is 0.302 e. The number of rotatable bonds is 6. The maximum Gasteiger partial charge on any atom is 0.327 e. The van der Waals surface area contributed by atoms with Crippen LogP contribution in [-0.4, -0.2) is 15.0 Å². The van der Waals surface area contributed by atoms with E-state index in [1.807, 2.05) is 6.20 Å². The van der Waals surface area contributed by atoms with Crippen molar-refractivity contribution in [1.29, 1.82) is 0 Å². The zero-order valence-electron chi connectivity index (χ0n) is 8.58. The SMILES string of the molecule is Cn1ccn(CCCCCCCl)c1=O. The topological polar surface area (TPSA) is 26.9 Å². The van der Waals surface area contributed by atoms with Gasteiger partial charge in [-0.15, -0.1) is 11.6 Å². The van der Waals surface area contributed by atoms with Crippen LogP contribution >= 0.6 is 11.6 Å². The average molecular weight is 217 g/mol. The van der Waals surface area contributed by atoms with Crippen LogP contribution in [0.1, 0.15) is 25.7 Å². The Balaban J connectivity index is 2.25. The lowest BCUT2D eigenvalue weighted by atomic mass is 10.2. The number of hydrogen-bond acceptors (Lipinski definition) is 1. The molecular weight excluding hydrogens is 200 g/mol. The molecule has 0 saturated carbocycles. The first-order valence-corrected chi connectivity index (χ1v) is 5.57. The van der Waals surface area contributed by atoms with Gasteiger partial charge in [0.25, 0.3) is 0 Å². The number of aromatic nitrogens is 2. The highest BCUT2D eigenvalue weighted by molar-refractivity contribution is 6.17. The number of nitrogens with zero attached hydrogens (tertiary/aromatic N) is 2. The minimum atomic E-state index is 0.0716. The van der Waals surface area contributed by atoms with Crippen molar-refractivity contribution in [3.05, 3.63) is 22.9 Å². The predicted molar refractivity (Wildman–Crippen MR) is 58.9 cm³/mol. The van der Waals surface area contributed by atoms with Crippen molar-refractivity contribution in [3.8, 4) is 0 Å². The molecule has 0 spiro atoms. The number of halogens is 1. The second-order valence-electron chi connectivity index (χ2n) is 3.49. The van der Waals surface area contributed by atoms with Crippen molar-refractivity contribution in [1.82, 2.24) is 9.13 Å². The van der Waals surface area contributed by atoms with Gasteiger partial charge in [0.1, 0.15) is 0 Å². The highest BCUT2D eigenvalue weighted by Gasteiger charge is 1.98. The first-order valence-electron chi connectivity index (χ1n) is 5.03. The predicted octanol–water partition coefficient (Wildman–Crippen LogP) is 1.99. The molecule has 3 nitrogen and oxygen atoms in total. The fraction of sp³-hybridized carbons (Fsp3) is 0.700. The van der Waals surface area contributed by atoms with E-state index in [0.717, 1.165) is 38.1 Å². The van der Waals surface area contributed by atoms with Crippen molar-refractivity contribution in [2.75, 3.05) is 5.88 Å². The Labute approximate surface area is 89.3 Å². The Morgan fingerprint density at radius 1 is 1.21 bits per heavy atom. The van der Waals surface area contributed by atoms with Gasteiger partial charge in [0.15, 0.2) is 0 Å². The van der Waals surface area contributed by atoms with Gasteiger partial charge < -0.3 is 4.57 Å². The second-order valence-corrected chi connectivity index (χ2v) is 3.87. The summed E-state index contributed by atoms with van der Waals surface area (Å²) < 4.78 is 3.35. The molecule has 0 aromatic carbocycles. The minimum Gasteiger partial charge on any atom is -0.302 e. The van der Waals surface area contributed by atoms with Crippen LogP contribution in [0.15, 0.2) is 17.2 Å². The molecule has 1 rings (SSSR count). The molecule has 80 valence electrons. The van der Waals surface area contributed by atoms with Crippen LogP contribution < -0.4 is 5.69 Å². The van der Waals surface area contributed by atoms with Gasteiger partial charge in [-0.3, -0.25) is 4.57 Å². The first-order chi connectivity index (χ1) is 6.75. The lowest BCUT2D eigenvalue weighted by Crippen LogP contribution is -2.21. The molecule has 0 radical (unpaired) electrons. The monoisotopic (exact) mass is 216 g/mol. The van der Waals surface area contributed by atoms with Gasteiger partial charge in [-0.2, -0.15) is 0 Å². The zero-order valence-corrected chi connectivity index (χ0v) is 9.33. The Morgan fingerprint density at radius 3 is 2.50 bits per heavy atom. The summed E-state index contributed by atoms with van der Waals surface area (Å²) in [5.74, 6) is 0.741. The highest BCUT2D eigenvalue weighted by atomic mass is 35.5. The molecule has 0 unspecified atom stereocenters.